The Hall–Kier alpha value is -0.730. The number of cyclic esters (lactones) is 1. The van der Waals surface area contributed by atoms with Gasteiger partial charge in [0.15, 0.2) is 0 Å². The summed E-state index contributed by atoms with van der Waals surface area (Å²) in [4.78, 5) is 13.8. The number of carbonyl (C=O) groups is 1. The number of nitrogens with zero attached hydrogens (tertiary/aromatic N) is 1. The third-order valence-corrected chi connectivity index (χ3v) is 4.50. The molecule has 2 saturated heterocycles. The SMILES string of the molecule is C[C@@H]1OC(=O)N2CCCCC3CC[C@H]1C32. The number of carbonyl (C=O) groups excluding carboxylic acids is 1. The quantitative estimate of drug-likeness (QED) is 0.613. The maximum absolute atomic E-state index is 11.8. The number of amides is 1. The molecule has 84 valence electrons. The van der Waals surface area contributed by atoms with Gasteiger partial charge in [-0.1, -0.05) is 6.42 Å². The molecule has 1 amide bonds. The maximum atomic E-state index is 11.8. The molecular weight excluding hydrogens is 190 g/mol. The van der Waals surface area contributed by atoms with E-state index < -0.39 is 0 Å². The Morgan fingerprint density at radius 1 is 1.27 bits per heavy atom. The van der Waals surface area contributed by atoms with Crippen LogP contribution in [0.15, 0.2) is 0 Å². The third kappa shape index (κ3) is 1.35. The Labute approximate surface area is 90.8 Å². The molecule has 0 aromatic rings. The Balaban J connectivity index is 1.92. The molecule has 0 radical (unpaired) electrons. The lowest BCUT2D eigenvalue weighted by Gasteiger charge is -2.41. The van der Waals surface area contributed by atoms with Gasteiger partial charge >= 0.3 is 6.09 Å². The minimum atomic E-state index is -0.0578. The van der Waals surface area contributed by atoms with Crippen LogP contribution in [0.4, 0.5) is 4.79 Å². The summed E-state index contributed by atoms with van der Waals surface area (Å²) in [5, 5.41) is 0. The minimum Gasteiger partial charge on any atom is -0.446 e. The molecule has 2 unspecified atom stereocenters. The average molecular weight is 209 g/mol. The monoisotopic (exact) mass is 209 g/mol. The third-order valence-electron chi connectivity index (χ3n) is 4.50. The van der Waals surface area contributed by atoms with E-state index in [1.165, 1.54) is 25.7 Å². The van der Waals surface area contributed by atoms with E-state index in [9.17, 15) is 4.79 Å². The van der Waals surface area contributed by atoms with Crippen molar-refractivity contribution in [3.05, 3.63) is 0 Å². The first-order valence-electron chi connectivity index (χ1n) is 6.24. The van der Waals surface area contributed by atoms with Crippen LogP contribution in [0.3, 0.4) is 0 Å². The molecule has 2 heterocycles. The van der Waals surface area contributed by atoms with Crippen LogP contribution in [0.25, 0.3) is 0 Å². The van der Waals surface area contributed by atoms with E-state index in [1.807, 2.05) is 4.90 Å². The summed E-state index contributed by atoms with van der Waals surface area (Å²) in [6.07, 6.45) is 6.39. The summed E-state index contributed by atoms with van der Waals surface area (Å²) in [7, 11) is 0. The summed E-state index contributed by atoms with van der Waals surface area (Å²) in [6, 6.07) is 0.503. The van der Waals surface area contributed by atoms with E-state index >= 15 is 0 Å². The van der Waals surface area contributed by atoms with Gasteiger partial charge in [-0.25, -0.2) is 4.79 Å². The summed E-state index contributed by atoms with van der Waals surface area (Å²) in [5.41, 5.74) is 0. The zero-order valence-electron chi connectivity index (χ0n) is 9.32. The first kappa shape index (κ1) is 9.49. The van der Waals surface area contributed by atoms with Gasteiger partial charge in [0.2, 0.25) is 0 Å². The fourth-order valence-electron chi connectivity index (χ4n) is 3.78. The van der Waals surface area contributed by atoms with Crippen molar-refractivity contribution < 1.29 is 9.53 Å². The molecule has 4 atom stereocenters. The van der Waals surface area contributed by atoms with E-state index in [2.05, 4.69) is 6.92 Å². The van der Waals surface area contributed by atoms with Crippen molar-refractivity contribution in [2.24, 2.45) is 11.8 Å². The molecule has 15 heavy (non-hydrogen) atoms. The zero-order valence-corrected chi connectivity index (χ0v) is 9.32. The van der Waals surface area contributed by atoms with Crippen LogP contribution in [0.1, 0.15) is 39.0 Å². The van der Waals surface area contributed by atoms with Crippen molar-refractivity contribution in [2.75, 3.05) is 6.54 Å². The Morgan fingerprint density at radius 3 is 3.00 bits per heavy atom. The molecule has 3 aliphatic rings. The molecule has 1 saturated carbocycles. The molecule has 0 N–H and O–H groups in total. The predicted molar refractivity (Wildman–Crippen MR) is 56.5 cm³/mol. The molecule has 1 aliphatic carbocycles. The van der Waals surface area contributed by atoms with Crippen molar-refractivity contribution in [2.45, 2.75) is 51.2 Å². The zero-order chi connectivity index (χ0) is 10.4. The van der Waals surface area contributed by atoms with Crippen LogP contribution in [-0.2, 0) is 4.74 Å². The molecule has 0 spiro atoms. The number of hydrogen-bond donors (Lipinski definition) is 0. The van der Waals surface area contributed by atoms with Crippen LogP contribution in [0.5, 0.6) is 0 Å². The average Bonchev–Trinajstić information content (AvgIpc) is 2.50. The van der Waals surface area contributed by atoms with Crippen LogP contribution in [0.2, 0.25) is 0 Å². The van der Waals surface area contributed by atoms with Gasteiger partial charge in [-0.15, -0.1) is 0 Å². The second-order valence-electron chi connectivity index (χ2n) is 5.27. The number of hydrogen-bond acceptors (Lipinski definition) is 2. The lowest BCUT2D eigenvalue weighted by Crippen LogP contribution is -2.53. The topological polar surface area (TPSA) is 29.5 Å². The first-order valence-corrected chi connectivity index (χ1v) is 6.24. The van der Waals surface area contributed by atoms with Crippen molar-refractivity contribution in [3.8, 4) is 0 Å². The highest BCUT2D eigenvalue weighted by Crippen LogP contribution is 2.44. The number of ether oxygens (including phenoxy) is 1. The molecule has 3 fully saturated rings. The summed E-state index contributed by atoms with van der Waals surface area (Å²) < 4.78 is 5.43. The van der Waals surface area contributed by atoms with Gasteiger partial charge in [0.25, 0.3) is 0 Å². The first-order chi connectivity index (χ1) is 7.27. The fraction of sp³-hybridized carbons (Fsp3) is 0.917. The van der Waals surface area contributed by atoms with E-state index in [0.29, 0.717) is 12.0 Å². The van der Waals surface area contributed by atoms with Gasteiger partial charge in [0.05, 0.1) is 0 Å². The molecular formula is C12H19NO2. The lowest BCUT2D eigenvalue weighted by atomic mass is 9.90. The molecule has 3 heteroatoms. The van der Waals surface area contributed by atoms with Gasteiger partial charge in [0.1, 0.15) is 6.10 Å². The molecule has 0 bridgehead atoms. The Morgan fingerprint density at radius 2 is 2.13 bits per heavy atom. The summed E-state index contributed by atoms with van der Waals surface area (Å²) >= 11 is 0. The van der Waals surface area contributed by atoms with Gasteiger partial charge in [-0.2, -0.15) is 0 Å². The highest BCUT2D eigenvalue weighted by molar-refractivity contribution is 5.69. The van der Waals surface area contributed by atoms with Crippen molar-refractivity contribution in [3.63, 3.8) is 0 Å². The normalized spacial score (nSPS) is 44.6. The minimum absolute atomic E-state index is 0.0578. The summed E-state index contributed by atoms with van der Waals surface area (Å²) in [6.45, 7) is 2.98. The van der Waals surface area contributed by atoms with Crippen LogP contribution in [-0.4, -0.2) is 29.7 Å². The highest BCUT2D eigenvalue weighted by Gasteiger charge is 2.49. The van der Waals surface area contributed by atoms with Gasteiger partial charge in [-0.05, 0) is 38.5 Å². The van der Waals surface area contributed by atoms with E-state index in [1.54, 1.807) is 0 Å². The largest absolute Gasteiger partial charge is 0.446 e. The van der Waals surface area contributed by atoms with Crippen molar-refractivity contribution >= 4 is 6.09 Å². The van der Waals surface area contributed by atoms with Gasteiger partial charge in [0, 0.05) is 18.5 Å². The van der Waals surface area contributed by atoms with Crippen molar-refractivity contribution in [1.29, 1.82) is 0 Å². The molecule has 0 aromatic heterocycles. The van der Waals surface area contributed by atoms with Crippen molar-refractivity contribution in [1.82, 2.24) is 4.90 Å². The highest BCUT2D eigenvalue weighted by atomic mass is 16.6. The summed E-state index contributed by atoms with van der Waals surface area (Å²) in [5.74, 6) is 1.36. The van der Waals surface area contributed by atoms with E-state index in [4.69, 9.17) is 4.74 Å². The molecule has 0 aromatic carbocycles. The molecule has 2 aliphatic heterocycles. The van der Waals surface area contributed by atoms with Gasteiger partial charge in [-0.3, -0.25) is 0 Å². The van der Waals surface area contributed by atoms with Crippen LogP contribution >= 0.6 is 0 Å². The standard InChI is InChI=1S/C12H19NO2/c1-8-10-6-5-9-4-2-3-7-13(11(9)10)12(14)15-8/h8-11H,2-7H2,1H3/t8-,9?,10+,11?/m0/s1. The van der Waals surface area contributed by atoms with E-state index in [0.717, 1.165) is 18.9 Å². The lowest BCUT2D eigenvalue weighted by molar-refractivity contribution is -0.0303. The second-order valence-corrected chi connectivity index (χ2v) is 5.27. The van der Waals surface area contributed by atoms with Gasteiger partial charge < -0.3 is 9.64 Å². The van der Waals surface area contributed by atoms with Crippen LogP contribution in [0, 0.1) is 11.8 Å². The Bertz CT molecular complexity index is 279. The van der Waals surface area contributed by atoms with E-state index in [-0.39, 0.29) is 12.2 Å². The second kappa shape index (κ2) is 3.39. The predicted octanol–water partition coefficient (Wildman–Crippen LogP) is 2.41. The van der Waals surface area contributed by atoms with Crippen LogP contribution < -0.4 is 0 Å². The molecule has 3 rings (SSSR count). The fourth-order valence-corrected chi connectivity index (χ4v) is 3.78. The molecule has 3 nitrogen and oxygen atoms in total. The maximum Gasteiger partial charge on any atom is 0.410 e. The Kier molecular flexibility index (Phi) is 2.15. The number of rotatable bonds is 0. The smallest absolute Gasteiger partial charge is 0.410 e.